The summed E-state index contributed by atoms with van der Waals surface area (Å²) < 4.78 is 52.6. The predicted molar refractivity (Wildman–Crippen MR) is 122 cm³/mol. The molecule has 4 rings (SSSR count). The average Bonchev–Trinajstić information content (AvgIpc) is 3.30. The first kappa shape index (κ1) is 23.4. The number of fused-ring (bicyclic) bond motifs is 1. The van der Waals surface area contributed by atoms with Gasteiger partial charge in [-0.2, -0.15) is 9.57 Å². The molecule has 1 heterocycles. The minimum atomic E-state index is -3.85. The molecule has 10 heteroatoms. The van der Waals surface area contributed by atoms with Crippen LogP contribution in [0.15, 0.2) is 52.3 Å². The molecule has 0 atom stereocenters. The SMILES string of the molecule is N#Cc1ccccc1S(=O)(=O)N1CCN(C(=O)CCS(=O)(=O)c2ccc3c(c2)CCC3)CC1. The fourth-order valence-corrected chi connectivity index (χ4v) is 7.18. The maximum atomic E-state index is 12.9. The van der Waals surface area contributed by atoms with Crippen LogP contribution in [0, 0.1) is 11.3 Å². The molecule has 2 aromatic carbocycles. The van der Waals surface area contributed by atoms with Crippen LogP contribution in [-0.4, -0.2) is 63.9 Å². The lowest BCUT2D eigenvalue weighted by atomic mass is 10.1. The van der Waals surface area contributed by atoms with Crippen LogP contribution >= 0.6 is 0 Å². The minimum absolute atomic E-state index is 0.0484. The first-order valence-electron chi connectivity index (χ1n) is 10.8. The Labute approximate surface area is 194 Å². The van der Waals surface area contributed by atoms with Crippen molar-refractivity contribution >= 4 is 25.8 Å². The summed E-state index contributed by atoms with van der Waals surface area (Å²) in [6, 6.07) is 13.1. The van der Waals surface area contributed by atoms with Gasteiger partial charge in [0.15, 0.2) is 9.84 Å². The number of aryl methyl sites for hydroxylation is 2. The van der Waals surface area contributed by atoms with Gasteiger partial charge in [-0.05, 0) is 54.7 Å². The number of piperazine rings is 1. The maximum Gasteiger partial charge on any atom is 0.244 e. The van der Waals surface area contributed by atoms with E-state index in [-0.39, 0.29) is 59.6 Å². The molecule has 2 aliphatic rings. The second kappa shape index (κ2) is 9.25. The van der Waals surface area contributed by atoms with Crippen LogP contribution in [0.5, 0.6) is 0 Å². The number of benzene rings is 2. The normalized spacial score (nSPS) is 16.9. The molecule has 0 bridgehead atoms. The highest BCUT2D eigenvalue weighted by molar-refractivity contribution is 7.91. The Bertz CT molecular complexity index is 1320. The van der Waals surface area contributed by atoms with Crippen molar-refractivity contribution in [3.63, 3.8) is 0 Å². The van der Waals surface area contributed by atoms with Gasteiger partial charge in [0.2, 0.25) is 15.9 Å². The third kappa shape index (κ3) is 4.81. The number of hydrogen-bond donors (Lipinski definition) is 0. The molecular weight excluding hydrogens is 462 g/mol. The molecule has 0 spiro atoms. The van der Waals surface area contributed by atoms with Crippen LogP contribution in [-0.2, 0) is 37.5 Å². The fourth-order valence-electron chi connectivity index (χ4n) is 4.34. The Kier molecular flexibility index (Phi) is 6.56. The van der Waals surface area contributed by atoms with E-state index in [0.29, 0.717) is 0 Å². The summed E-state index contributed by atoms with van der Waals surface area (Å²) in [6.07, 6.45) is 2.73. The standard InChI is InChI=1S/C23H25N3O5S2/c24-17-20-4-1-2-7-22(20)33(30,31)26-13-11-25(12-14-26)23(27)10-15-32(28,29)21-9-8-18-5-3-6-19(18)16-21/h1-2,4,7-9,16H,3,5-6,10-15H2. The number of carbonyl (C=O) groups is 1. The molecule has 174 valence electrons. The van der Waals surface area contributed by atoms with Gasteiger partial charge in [-0.1, -0.05) is 18.2 Å². The van der Waals surface area contributed by atoms with E-state index in [2.05, 4.69) is 0 Å². The molecule has 1 aliphatic heterocycles. The van der Waals surface area contributed by atoms with Crippen LogP contribution in [0.25, 0.3) is 0 Å². The Morgan fingerprint density at radius 2 is 1.64 bits per heavy atom. The summed E-state index contributed by atoms with van der Waals surface area (Å²) in [5, 5.41) is 9.21. The molecule has 1 amide bonds. The van der Waals surface area contributed by atoms with Crippen molar-refractivity contribution in [2.75, 3.05) is 31.9 Å². The van der Waals surface area contributed by atoms with E-state index in [1.165, 1.54) is 26.9 Å². The Morgan fingerprint density at radius 3 is 2.36 bits per heavy atom. The molecule has 0 radical (unpaired) electrons. The lowest BCUT2D eigenvalue weighted by Gasteiger charge is -2.34. The summed E-state index contributed by atoms with van der Waals surface area (Å²) >= 11 is 0. The van der Waals surface area contributed by atoms with Crippen molar-refractivity contribution in [2.45, 2.75) is 35.5 Å². The highest BCUT2D eigenvalue weighted by atomic mass is 32.2. The molecule has 1 aliphatic carbocycles. The molecular formula is C23H25N3O5S2. The van der Waals surface area contributed by atoms with Crippen LogP contribution in [0.1, 0.15) is 29.5 Å². The lowest BCUT2D eigenvalue weighted by Crippen LogP contribution is -2.50. The first-order valence-corrected chi connectivity index (χ1v) is 13.9. The molecule has 0 unspecified atom stereocenters. The molecule has 2 aromatic rings. The van der Waals surface area contributed by atoms with Crippen molar-refractivity contribution in [1.29, 1.82) is 5.26 Å². The van der Waals surface area contributed by atoms with Crippen molar-refractivity contribution in [3.05, 3.63) is 59.2 Å². The molecule has 33 heavy (non-hydrogen) atoms. The van der Waals surface area contributed by atoms with E-state index >= 15 is 0 Å². The highest BCUT2D eigenvalue weighted by Crippen LogP contribution is 2.26. The second-order valence-corrected chi connectivity index (χ2v) is 12.3. The zero-order chi connectivity index (χ0) is 23.6. The molecule has 0 saturated carbocycles. The van der Waals surface area contributed by atoms with Crippen LogP contribution in [0.3, 0.4) is 0 Å². The number of hydrogen-bond acceptors (Lipinski definition) is 6. The largest absolute Gasteiger partial charge is 0.340 e. The molecule has 0 aromatic heterocycles. The number of amides is 1. The summed E-state index contributed by atoms with van der Waals surface area (Å²) in [4.78, 5) is 14.3. The van der Waals surface area contributed by atoms with E-state index < -0.39 is 19.9 Å². The second-order valence-electron chi connectivity index (χ2n) is 8.25. The smallest absolute Gasteiger partial charge is 0.244 e. The third-order valence-electron chi connectivity index (χ3n) is 6.23. The average molecular weight is 488 g/mol. The van der Waals surface area contributed by atoms with Gasteiger partial charge in [-0.3, -0.25) is 4.79 Å². The Morgan fingerprint density at radius 1 is 0.939 bits per heavy atom. The fraction of sp³-hybridized carbons (Fsp3) is 0.391. The predicted octanol–water partition coefficient (Wildman–Crippen LogP) is 1.74. The summed E-state index contributed by atoms with van der Waals surface area (Å²) in [6.45, 7) is 0.522. The minimum Gasteiger partial charge on any atom is -0.340 e. The summed E-state index contributed by atoms with van der Waals surface area (Å²) in [5.74, 6) is -0.590. The van der Waals surface area contributed by atoms with E-state index in [9.17, 15) is 26.9 Å². The quantitative estimate of drug-likeness (QED) is 0.613. The van der Waals surface area contributed by atoms with Gasteiger partial charge in [0.1, 0.15) is 6.07 Å². The van der Waals surface area contributed by atoms with Gasteiger partial charge in [0.05, 0.1) is 21.1 Å². The van der Waals surface area contributed by atoms with Gasteiger partial charge < -0.3 is 4.90 Å². The van der Waals surface area contributed by atoms with Crippen molar-refractivity contribution in [3.8, 4) is 6.07 Å². The Balaban J connectivity index is 1.35. The topological polar surface area (TPSA) is 116 Å². The zero-order valence-electron chi connectivity index (χ0n) is 18.1. The van der Waals surface area contributed by atoms with Crippen molar-refractivity contribution < 1.29 is 21.6 Å². The van der Waals surface area contributed by atoms with Gasteiger partial charge in [-0.15, -0.1) is 0 Å². The zero-order valence-corrected chi connectivity index (χ0v) is 19.7. The van der Waals surface area contributed by atoms with Crippen LogP contribution < -0.4 is 0 Å². The van der Waals surface area contributed by atoms with E-state index in [1.807, 2.05) is 12.1 Å². The summed E-state index contributed by atoms with van der Waals surface area (Å²) in [5.41, 5.74) is 2.33. The van der Waals surface area contributed by atoms with Gasteiger partial charge in [-0.25, -0.2) is 16.8 Å². The van der Waals surface area contributed by atoms with Crippen molar-refractivity contribution in [1.82, 2.24) is 9.21 Å². The molecule has 0 N–H and O–H groups in total. The van der Waals surface area contributed by atoms with Crippen LogP contribution in [0.2, 0.25) is 0 Å². The maximum absolute atomic E-state index is 12.9. The molecule has 1 saturated heterocycles. The number of carbonyl (C=O) groups excluding carboxylic acids is 1. The number of sulfone groups is 1. The van der Waals surface area contributed by atoms with E-state index in [1.54, 1.807) is 24.3 Å². The molecule has 8 nitrogen and oxygen atoms in total. The summed E-state index contributed by atoms with van der Waals surface area (Å²) in [7, 11) is -7.43. The Hall–Kier alpha value is -2.74. The van der Waals surface area contributed by atoms with Crippen LogP contribution in [0.4, 0.5) is 0 Å². The molecule has 1 fully saturated rings. The number of sulfonamides is 1. The number of rotatable bonds is 6. The highest BCUT2D eigenvalue weighted by Gasteiger charge is 2.32. The first-order chi connectivity index (χ1) is 15.7. The lowest BCUT2D eigenvalue weighted by molar-refractivity contribution is -0.131. The van der Waals surface area contributed by atoms with E-state index in [4.69, 9.17) is 0 Å². The van der Waals surface area contributed by atoms with Gasteiger partial charge in [0, 0.05) is 32.6 Å². The van der Waals surface area contributed by atoms with Gasteiger partial charge >= 0.3 is 0 Å². The monoisotopic (exact) mass is 487 g/mol. The van der Waals surface area contributed by atoms with Crippen molar-refractivity contribution in [2.24, 2.45) is 0 Å². The number of nitriles is 1. The third-order valence-corrected chi connectivity index (χ3v) is 9.90. The number of nitrogens with zero attached hydrogens (tertiary/aromatic N) is 3. The van der Waals surface area contributed by atoms with E-state index in [0.717, 1.165) is 24.8 Å². The van der Waals surface area contributed by atoms with Gasteiger partial charge in [0.25, 0.3) is 0 Å².